The molecule has 0 saturated heterocycles. The number of hydrogen-bond donors (Lipinski definition) is 2. The monoisotopic (exact) mass is 156 g/mol. The summed E-state index contributed by atoms with van der Waals surface area (Å²) >= 11 is 0. The Hall–Kier alpha value is -1.62. The van der Waals surface area contributed by atoms with Gasteiger partial charge in [0.2, 0.25) is 0 Å². The van der Waals surface area contributed by atoms with E-state index in [1.165, 1.54) is 24.3 Å². The van der Waals surface area contributed by atoms with E-state index in [1.807, 2.05) is 0 Å². The average molecular weight is 156 g/mol. The van der Waals surface area contributed by atoms with Gasteiger partial charge in [-0.05, 0) is 6.07 Å². The van der Waals surface area contributed by atoms with Gasteiger partial charge in [-0.3, -0.25) is 10.1 Å². The molecule has 1 rings (SSSR count). The summed E-state index contributed by atoms with van der Waals surface area (Å²) in [7, 11) is 0. The van der Waals surface area contributed by atoms with Crippen molar-refractivity contribution in [3.8, 4) is 5.75 Å². The lowest BCUT2D eigenvalue weighted by Crippen LogP contribution is -1.86. The van der Waals surface area contributed by atoms with Crippen LogP contribution in [0.5, 0.6) is 5.75 Å². The van der Waals surface area contributed by atoms with E-state index < -0.39 is 4.92 Å². The van der Waals surface area contributed by atoms with E-state index in [4.69, 9.17) is 5.11 Å². The van der Waals surface area contributed by atoms with Crippen LogP contribution in [0, 0.1) is 10.1 Å². The Morgan fingerprint density at radius 1 is 1.36 bits per heavy atom. The van der Waals surface area contributed by atoms with Gasteiger partial charge in [-0.1, -0.05) is 12.1 Å². The second kappa shape index (κ2) is 3.52. The summed E-state index contributed by atoms with van der Waals surface area (Å²) in [6, 6.07) is 5.55. The molecule has 0 heterocycles. The van der Waals surface area contributed by atoms with Gasteiger partial charge in [0.1, 0.15) is 0 Å². The van der Waals surface area contributed by atoms with E-state index in [2.05, 4.69) is 0 Å². The van der Waals surface area contributed by atoms with Gasteiger partial charge in [0, 0.05) is 6.07 Å². The molecular formula is C6H8N2O3. The van der Waals surface area contributed by atoms with E-state index in [1.54, 1.807) is 0 Å². The topological polar surface area (TPSA) is 98.4 Å². The number of nitro groups is 1. The predicted octanol–water partition coefficient (Wildman–Crippen LogP) is 1.46. The Kier molecular flexibility index (Phi) is 3.01. The van der Waals surface area contributed by atoms with Crippen molar-refractivity contribution in [1.82, 2.24) is 6.15 Å². The number of aromatic hydroxyl groups is 1. The zero-order valence-electron chi connectivity index (χ0n) is 5.73. The first-order valence-corrected chi connectivity index (χ1v) is 2.64. The molecule has 1 aromatic rings. The van der Waals surface area contributed by atoms with Crippen molar-refractivity contribution in [2.75, 3.05) is 0 Å². The van der Waals surface area contributed by atoms with Crippen molar-refractivity contribution in [1.29, 1.82) is 0 Å². The highest BCUT2D eigenvalue weighted by atomic mass is 16.6. The number of benzene rings is 1. The number of rotatable bonds is 1. The summed E-state index contributed by atoms with van der Waals surface area (Å²) < 4.78 is 0. The van der Waals surface area contributed by atoms with Gasteiger partial charge in [-0.25, -0.2) is 0 Å². The van der Waals surface area contributed by atoms with Crippen LogP contribution in [0.2, 0.25) is 0 Å². The molecule has 0 aromatic heterocycles. The first kappa shape index (κ1) is 9.38. The van der Waals surface area contributed by atoms with Crippen LogP contribution in [0.1, 0.15) is 0 Å². The Bertz CT molecular complexity index is 262. The largest absolute Gasteiger partial charge is 0.502 e. The fraction of sp³-hybridized carbons (Fsp3) is 0. The third-order valence-corrected chi connectivity index (χ3v) is 1.08. The van der Waals surface area contributed by atoms with E-state index in [0.29, 0.717) is 0 Å². The molecule has 0 amide bonds. The highest BCUT2D eigenvalue weighted by Gasteiger charge is 2.09. The minimum absolute atomic E-state index is 0. The van der Waals surface area contributed by atoms with Crippen molar-refractivity contribution in [2.45, 2.75) is 0 Å². The quantitative estimate of drug-likeness (QED) is 0.475. The molecule has 0 aliphatic rings. The maximum absolute atomic E-state index is 10.1. The lowest BCUT2D eigenvalue weighted by molar-refractivity contribution is -0.385. The number of nitrogens with zero attached hydrogens (tertiary/aromatic N) is 1. The van der Waals surface area contributed by atoms with Crippen molar-refractivity contribution in [3.63, 3.8) is 0 Å². The molecule has 0 aliphatic carbocycles. The van der Waals surface area contributed by atoms with Crippen molar-refractivity contribution in [2.24, 2.45) is 0 Å². The van der Waals surface area contributed by atoms with Crippen LogP contribution in [0.15, 0.2) is 24.3 Å². The Morgan fingerprint density at radius 2 is 1.91 bits per heavy atom. The van der Waals surface area contributed by atoms with Gasteiger partial charge >= 0.3 is 5.69 Å². The van der Waals surface area contributed by atoms with E-state index in [-0.39, 0.29) is 17.6 Å². The maximum atomic E-state index is 10.1. The summed E-state index contributed by atoms with van der Waals surface area (Å²) in [6.07, 6.45) is 0. The highest BCUT2D eigenvalue weighted by molar-refractivity contribution is 5.44. The molecule has 0 unspecified atom stereocenters. The van der Waals surface area contributed by atoms with Crippen LogP contribution in [-0.2, 0) is 0 Å². The van der Waals surface area contributed by atoms with Crippen LogP contribution in [0.3, 0.4) is 0 Å². The Labute approximate surface area is 63.0 Å². The second-order valence-corrected chi connectivity index (χ2v) is 1.75. The molecule has 11 heavy (non-hydrogen) atoms. The number of hydrogen-bond acceptors (Lipinski definition) is 4. The molecule has 0 bridgehead atoms. The normalized spacial score (nSPS) is 8.36. The zero-order valence-corrected chi connectivity index (χ0v) is 5.73. The third-order valence-electron chi connectivity index (χ3n) is 1.08. The van der Waals surface area contributed by atoms with Crippen molar-refractivity contribution < 1.29 is 10.0 Å². The number of para-hydroxylation sites is 2. The average Bonchev–Trinajstić information content (AvgIpc) is 1.88. The molecule has 0 saturated carbocycles. The Morgan fingerprint density at radius 3 is 2.27 bits per heavy atom. The SMILES string of the molecule is N.O=[N+]([O-])c1ccccc1O. The lowest BCUT2D eigenvalue weighted by Gasteiger charge is -1.91. The third kappa shape index (κ3) is 1.91. The van der Waals surface area contributed by atoms with Crippen molar-refractivity contribution >= 4 is 5.69 Å². The van der Waals surface area contributed by atoms with Crippen LogP contribution >= 0.6 is 0 Å². The molecule has 0 spiro atoms. The van der Waals surface area contributed by atoms with Crippen LogP contribution in [0.4, 0.5) is 5.69 Å². The number of phenols is 1. The molecule has 60 valence electrons. The summed E-state index contributed by atoms with van der Waals surface area (Å²) in [4.78, 5) is 9.44. The van der Waals surface area contributed by atoms with Gasteiger partial charge < -0.3 is 11.3 Å². The van der Waals surface area contributed by atoms with E-state index >= 15 is 0 Å². The predicted molar refractivity (Wildman–Crippen MR) is 39.8 cm³/mol. The lowest BCUT2D eigenvalue weighted by atomic mass is 10.3. The minimum Gasteiger partial charge on any atom is -0.502 e. The molecule has 0 fully saturated rings. The number of nitro benzene ring substituents is 1. The maximum Gasteiger partial charge on any atom is 0.310 e. The molecule has 0 radical (unpaired) electrons. The highest BCUT2D eigenvalue weighted by Crippen LogP contribution is 2.23. The molecule has 0 aliphatic heterocycles. The molecular weight excluding hydrogens is 148 g/mol. The van der Waals surface area contributed by atoms with Gasteiger partial charge in [0.05, 0.1) is 4.92 Å². The van der Waals surface area contributed by atoms with Crippen LogP contribution in [0.25, 0.3) is 0 Å². The zero-order chi connectivity index (χ0) is 7.56. The van der Waals surface area contributed by atoms with Crippen LogP contribution in [-0.4, -0.2) is 10.0 Å². The van der Waals surface area contributed by atoms with E-state index in [9.17, 15) is 10.1 Å². The molecule has 5 heteroatoms. The molecule has 0 atom stereocenters. The first-order chi connectivity index (χ1) is 4.72. The smallest absolute Gasteiger partial charge is 0.310 e. The summed E-state index contributed by atoms with van der Waals surface area (Å²) in [6.45, 7) is 0. The molecule has 1 aromatic carbocycles. The minimum atomic E-state index is -0.630. The second-order valence-electron chi connectivity index (χ2n) is 1.75. The first-order valence-electron chi connectivity index (χ1n) is 2.64. The van der Waals surface area contributed by atoms with Gasteiger partial charge in [0.15, 0.2) is 5.75 Å². The Balaban J connectivity index is 0.000001000. The van der Waals surface area contributed by atoms with Crippen LogP contribution < -0.4 is 6.15 Å². The van der Waals surface area contributed by atoms with Gasteiger partial charge in [0.25, 0.3) is 0 Å². The fourth-order valence-corrected chi connectivity index (χ4v) is 0.619. The number of phenolic OH excluding ortho intramolecular Hbond substituents is 1. The summed E-state index contributed by atoms with van der Waals surface area (Å²) in [5, 5.41) is 18.9. The molecule has 4 N–H and O–H groups in total. The van der Waals surface area contributed by atoms with E-state index in [0.717, 1.165) is 0 Å². The van der Waals surface area contributed by atoms with Gasteiger partial charge in [-0.15, -0.1) is 0 Å². The molecule has 5 nitrogen and oxygen atoms in total. The van der Waals surface area contributed by atoms with Crippen molar-refractivity contribution in [3.05, 3.63) is 34.4 Å². The summed E-state index contributed by atoms with van der Waals surface area (Å²) in [5.41, 5.74) is -0.262. The van der Waals surface area contributed by atoms with Gasteiger partial charge in [-0.2, -0.15) is 0 Å². The standard InChI is InChI=1S/C6H5NO3.H3N/c8-6-4-2-1-3-5(6)7(9)10;/h1-4,8H;1H3. The fourth-order valence-electron chi connectivity index (χ4n) is 0.619. The summed E-state index contributed by atoms with van der Waals surface area (Å²) in [5.74, 6) is -0.299.